The zero-order chi connectivity index (χ0) is 11.8. The summed E-state index contributed by atoms with van der Waals surface area (Å²) in [6, 6.07) is 0.648. The number of nitrogens with one attached hydrogen (secondary N) is 1. The van der Waals surface area contributed by atoms with Crippen molar-refractivity contribution in [3.8, 4) is 0 Å². The van der Waals surface area contributed by atoms with Gasteiger partial charge in [0.05, 0.1) is 0 Å². The van der Waals surface area contributed by atoms with Gasteiger partial charge in [-0.2, -0.15) is 0 Å². The Bertz CT molecular complexity index is 159. The lowest BCUT2D eigenvalue weighted by molar-refractivity contribution is 0.289. The Morgan fingerprint density at radius 3 is 2.38 bits per heavy atom. The average Bonchev–Trinajstić information content (AvgIpc) is 2.76. The van der Waals surface area contributed by atoms with Crippen molar-refractivity contribution in [3.63, 3.8) is 0 Å². The number of hydrogen-bond acceptors (Lipinski definition) is 1. The van der Waals surface area contributed by atoms with E-state index in [0.29, 0.717) is 6.04 Å². The third-order valence-electron chi connectivity index (χ3n) is 4.03. The van der Waals surface area contributed by atoms with Crippen LogP contribution in [0.1, 0.15) is 72.1 Å². The second kappa shape index (κ2) is 8.11. The predicted octanol–water partition coefficient (Wildman–Crippen LogP) is 4.37. The van der Waals surface area contributed by atoms with E-state index in [1.165, 1.54) is 57.9 Å². The fourth-order valence-electron chi connectivity index (χ4n) is 2.98. The van der Waals surface area contributed by atoms with Crippen molar-refractivity contribution in [2.45, 2.75) is 78.2 Å². The molecular formula is C15H31N. The topological polar surface area (TPSA) is 12.0 Å². The fraction of sp³-hybridized carbons (Fsp3) is 1.00. The van der Waals surface area contributed by atoms with Crippen molar-refractivity contribution in [1.82, 2.24) is 5.32 Å². The van der Waals surface area contributed by atoms with Crippen LogP contribution in [-0.2, 0) is 0 Å². The van der Waals surface area contributed by atoms with Gasteiger partial charge in [0.15, 0.2) is 0 Å². The molecule has 1 saturated carbocycles. The minimum absolute atomic E-state index is 0.648. The van der Waals surface area contributed by atoms with Gasteiger partial charge in [0.1, 0.15) is 0 Å². The fourth-order valence-corrected chi connectivity index (χ4v) is 2.98. The molecule has 0 heterocycles. The molecule has 0 bridgehead atoms. The molecule has 1 nitrogen and oxygen atoms in total. The van der Waals surface area contributed by atoms with Crippen LogP contribution in [0.25, 0.3) is 0 Å². The molecule has 0 aromatic carbocycles. The van der Waals surface area contributed by atoms with Gasteiger partial charge in [0.25, 0.3) is 0 Å². The van der Waals surface area contributed by atoms with Gasteiger partial charge in [-0.1, -0.05) is 65.7 Å². The molecule has 16 heavy (non-hydrogen) atoms. The first-order valence-electron chi connectivity index (χ1n) is 7.47. The molecule has 0 spiro atoms. The zero-order valence-corrected chi connectivity index (χ0v) is 11.6. The summed E-state index contributed by atoms with van der Waals surface area (Å²) in [5.41, 5.74) is 0. The summed E-state index contributed by atoms with van der Waals surface area (Å²) in [6.07, 6.45) is 11.6. The Kier molecular flexibility index (Phi) is 7.11. The van der Waals surface area contributed by atoms with E-state index in [4.69, 9.17) is 0 Å². The Balaban J connectivity index is 2.28. The van der Waals surface area contributed by atoms with Crippen molar-refractivity contribution in [3.05, 3.63) is 0 Å². The summed E-state index contributed by atoms with van der Waals surface area (Å²) in [5.74, 6) is 1.99. The highest BCUT2D eigenvalue weighted by atomic mass is 14.9. The number of rotatable bonds is 8. The summed E-state index contributed by atoms with van der Waals surface area (Å²) >= 11 is 0. The van der Waals surface area contributed by atoms with Crippen molar-refractivity contribution < 1.29 is 0 Å². The smallest absolute Gasteiger partial charge is 0.00104 e. The van der Waals surface area contributed by atoms with Crippen LogP contribution in [0, 0.1) is 11.8 Å². The molecule has 1 rings (SSSR count). The van der Waals surface area contributed by atoms with Gasteiger partial charge in [-0.05, 0) is 24.8 Å². The van der Waals surface area contributed by atoms with Gasteiger partial charge in [0.2, 0.25) is 0 Å². The lowest BCUT2D eigenvalue weighted by Crippen LogP contribution is -2.32. The molecule has 0 amide bonds. The Hall–Kier alpha value is -0.0400. The van der Waals surface area contributed by atoms with Gasteiger partial charge in [0, 0.05) is 6.04 Å². The molecule has 0 aromatic rings. The second-order valence-electron chi connectivity index (χ2n) is 5.86. The molecular weight excluding hydrogens is 194 g/mol. The predicted molar refractivity (Wildman–Crippen MR) is 72.7 cm³/mol. The third kappa shape index (κ3) is 5.34. The molecule has 0 saturated heterocycles. The largest absolute Gasteiger partial charge is 0.314 e. The van der Waals surface area contributed by atoms with Crippen LogP contribution in [0.3, 0.4) is 0 Å². The summed E-state index contributed by atoms with van der Waals surface area (Å²) < 4.78 is 0. The number of unbranched alkanes of at least 4 members (excludes halogenated alkanes) is 2. The molecule has 1 atom stereocenters. The summed E-state index contributed by atoms with van der Waals surface area (Å²) in [7, 11) is 0. The van der Waals surface area contributed by atoms with E-state index in [0.717, 1.165) is 11.8 Å². The van der Waals surface area contributed by atoms with E-state index in [2.05, 4.69) is 26.1 Å². The molecule has 1 fully saturated rings. The molecule has 0 aliphatic heterocycles. The minimum Gasteiger partial charge on any atom is -0.314 e. The highest BCUT2D eigenvalue weighted by Crippen LogP contribution is 2.33. The van der Waals surface area contributed by atoms with Crippen molar-refractivity contribution in [2.24, 2.45) is 11.8 Å². The summed E-state index contributed by atoms with van der Waals surface area (Å²) in [6.45, 7) is 8.08. The first-order valence-corrected chi connectivity index (χ1v) is 7.47. The lowest BCUT2D eigenvalue weighted by atomic mass is 9.86. The van der Waals surface area contributed by atoms with Crippen LogP contribution in [0.15, 0.2) is 0 Å². The normalized spacial score (nSPS) is 19.5. The van der Waals surface area contributed by atoms with E-state index in [1.54, 1.807) is 0 Å². The van der Waals surface area contributed by atoms with Crippen LogP contribution in [0.2, 0.25) is 0 Å². The second-order valence-corrected chi connectivity index (χ2v) is 5.86. The molecule has 1 N–H and O–H groups in total. The van der Waals surface area contributed by atoms with Crippen LogP contribution in [-0.4, -0.2) is 12.6 Å². The van der Waals surface area contributed by atoms with E-state index in [1.807, 2.05) is 0 Å². The molecule has 96 valence electrons. The van der Waals surface area contributed by atoms with Gasteiger partial charge in [-0.15, -0.1) is 0 Å². The quantitative estimate of drug-likeness (QED) is 0.605. The van der Waals surface area contributed by atoms with Crippen LogP contribution >= 0.6 is 0 Å². The highest BCUT2D eigenvalue weighted by Gasteiger charge is 2.24. The maximum atomic E-state index is 3.65. The molecule has 0 radical (unpaired) electrons. The van der Waals surface area contributed by atoms with E-state index in [-0.39, 0.29) is 0 Å². The minimum atomic E-state index is 0.648. The number of hydrogen-bond donors (Lipinski definition) is 1. The monoisotopic (exact) mass is 225 g/mol. The zero-order valence-electron chi connectivity index (χ0n) is 11.6. The van der Waals surface area contributed by atoms with Crippen LogP contribution < -0.4 is 5.32 Å². The Morgan fingerprint density at radius 2 is 1.81 bits per heavy atom. The van der Waals surface area contributed by atoms with Gasteiger partial charge >= 0.3 is 0 Å². The SMILES string of the molecule is CCCCCC(CNC(C)C)C1CCCC1. The Labute approximate surface area is 102 Å². The van der Waals surface area contributed by atoms with Crippen molar-refractivity contribution in [2.75, 3.05) is 6.54 Å². The van der Waals surface area contributed by atoms with Gasteiger partial charge in [-0.25, -0.2) is 0 Å². The third-order valence-corrected chi connectivity index (χ3v) is 4.03. The molecule has 1 heteroatoms. The molecule has 1 aliphatic carbocycles. The average molecular weight is 225 g/mol. The van der Waals surface area contributed by atoms with Crippen LogP contribution in [0.5, 0.6) is 0 Å². The van der Waals surface area contributed by atoms with Crippen molar-refractivity contribution >= 4 is 0 Å². The molecule has 0 aromatic heterocycles. The Morgan fingerprint density at radius 1 is 1.12 bits per heavy atom. The highest BCUT2D eigenvalue weighted by molar-refractivity contribution is 4.77. The first kappa shape index (κ1) is 14.0. The van der Waals surface area contributed by atoms with E-state index >= 15 is 0 Å². The molecule has 1 aliphatic rings. The molecule has 1 unspecified atom stereocenters. The van der Waals surface area contributed by atoms with Crippen LogP contribution in [0.4, 0.5) is 0 Å². The van der Waals surface area contributed by atoms with E-state index < -0.39 is 0 Å². The van der Waals surface area contributed by atoms with Gasteiger partial charge < -0.3 is 5.32 Å². The van der Waals surface area contributed by atoms with E-state index in [9.17, 15) is 0 Å². The maximum absolute atomic E-state index is 3.65. The lowest BCUT2D eigenvalue weighted by Gasteiger charge is -2.25. The first-order chi connectivity index (χ1) is 7.74. The maximum Gasteiger partial charge on any atom is 0.00104 e. The standard InChI is InChI=1S/C15H31N/c1-4-5-6-11-15(12-16-13(2)3)14-9-7-8-10-14/h13-16H,4-12H2,1-3H3. The van der Waals surface area contributed by atoms with Gasteiger partial charge in [-0.3, -0.25) is 0 Å². The summed E-state index contributed by atoms with van der Waals surface area (Å²) in [5, 5.41) is 3.65. The van der Waals surface area contributed by atoms with Crippen molar-refractivity contribution in [1.29, 1.82) is 0 Å². The summed E-state index contributed by atoms with van der Waals surface area (Å²) in [4.78, 5) is 0.